The minimum Gasteiger partial charge on any atom is -0.430 e. The normalized spacial score (nSPS) is 17.1. The van der Waals surface area contributed by atoms with Crippen LogP contribution in [-0.4, -0.2) is 24.9 Å². The Morgan fingerprint density at radius 2 is 2.22 bits per heavy atom. The highest BCUT2D eigenvalue weighted by Crippen LogP contribution is 2.19. The molecule has 4 heteroatoms. The van der Waals surface area contributed by atoms with E-state index in [-0.39, 0.29) is 10.9 Å². The van der Waals surface area contributed by atoms with Crippen molar-refractivity contribution in [3.05, 3.63) is 29.3 Å². The Balaban J connectivity index is 2.06. The van der Waals surface area contributed by atoms with E-state index >= 15 is 0 Å². The zero-order valence-electron chi connectivity index (χ0n) is 11.4. The Hall–Kier alpha value is -0.445. The molecule has 0 bridgehead atoms. The maximum atomic E-state index is 5.84. The number of thiol groups is 1. The number of nitrogens with one attached hydrogen (secondary N) is 1. The van der Waals surface area contributed by atoms with Gasteiger partial charge < -0.3 is 9.97 Å². The third-order valence-electron chi connectivity index (χ3n) is 3.57. The number of hydrogen-bond donors (Lipinski definition) is 2. The molecule has 0 amide bonds. The number of hydrogen-bond acceptors (Lipinski definition) is 3. The van der Waals surface area contributed by atoms with Crippen LogP contribution in [0.25, 0.3) is 0 Å². The first-order valence-corrected chi connectivity index (χ1v) is 6.96. The zero-order chi connectivity index (χ0) is 13.2. The number of fused-ring (bicyclic) bond motifs is 1. The van der Waals surface area contributed by atoms with Gasteiger partial charge in [0.2, 0.25) is 0 Å². The fraction of sp³-hybridized carbons (Fsp3) is 0.571. The Bertz CT molecular complexity index is 417. The van der Waals surface area contributed by atoms with Gasteiger partial charge in [-0.15, -0.1) is 0 Å². The van der Waals surface area contributed by atoms with Crippen molar-refractivity contribution >= 4 is 25.6 Å². The molecule has 97 valence electrons. The Labute approximate surface area is 116 Å². The molecule has 1 aliphatic rings. The second-order valence-electron chi connectivity index (χ2n) is 5.46. The van der Waals surface area contributed by atoms with Gasteiger partial charge in [0.25, 0.3) is 0 Å². The van der Waals surface area contributed by atoms with Crippen LogP contribution in [0.4, 0.5) is 0 Å². The van der Waals surface area contributed by atoms with Gasteiger partial charge in [-0.2, -0.15) is 12.6 Å². The van der Waals surface area contributed by atoms with Crippen molar-refractivity contribution in [2.45, 2.75) is 44.6 Å². The first-order chi connectivity index (χ1) is 8.48. The molecule has 1 aromatic carbocycles. The molecule has 0 fully saturated rings. The molecule has 2 rings (SSSR count). The van der Waals surface area contributed by atoms with Crippen LogP contribution in [0, 0.1) is 0 Å². The SMILES string of the molecule is CC(O[B]c1cccc2c1CCNC2)C(C)(C)S. The lowest BCUT2D eigenvalue weighted by atomic mass is 9.79. The second kappa shape index (κ2) is 5.68. The quantitative estimate of drug-likeness (QED) is 0.636. The van der Waals surface area contributed by atoms with Gasteiger partial charge in [0.05, 0.1) is 6.10 Å². The minimum atomic E-state index is -0.132. The monoisotopic (exact) mass is 262 g/mol. The van der Waals surface area contributed by atoms with Crippen molar-refractivity contribution in [1.82, 2.24) is 5.32 Å². The maximum Gasteiger partial charge on any atom is 0.330 e. The number of rotatable bonds is 4. The fourth-order valence-corrected chi connectivity index (χ4v) is 2.07. The van der Waals surface area contributed by atoms with Crippen molar-refractivity contribution in [3.63, 3.8) is 0 Å². The smallest absolute Gasteiger partial charge is 0.330 e. The molecule has 0 saturated heterocycles. The lowest BCUT2D eigenvalue weighted by molar-refractivity contribution is 0.201. The molecule has 1 radical (unpaired) electrons. The summed E-state index contributed by atoms with van der Waals surface area (Å²) in [5, 5.41) is 3.39. The summed E-state index contributed by atoms with van der Waals surface area (Å²) < 4.78 is 5.70. The van der Waals surface area contributed by atoms with Crippen LogP contribution in [0.15, 0.2) is 18.2 Å². The molecule has 1 unspecified atom stereocenters. The third-order valence-corrected chi connectivity index (χ3v) is 3.93. The van der Waals surface area contributed by atoms with E-state index in [4.69, 9.17) is 4.65 Å². The standard InChI is InChI=1S/C14H21BNOS/c1-10(14(2,3)18)17-15-13-6-4-5-11-9-16-8-7-12(11)13/h4-6,10,16,18H,7-9H2,1-3H3. The van der Waals surface area contributed by atoms with Crippen LogP contribution in [0.3, 0.4) is 0 Å². The molecule has 1 aliphatic heterocycles. The van der Waals surface area contributed by atoms with Crippen molar-refractivity contribution in [1.29, 1.82) is 0 Å². The van der Waals surface area contributed by atoms with E-state index < -0.39 is 0 Å². The van der Waals surface area contributed by atoms with Gasteiger partial charge in [0, 0.05) is 11.3 Å². The summed E-state index contributed by atoms with van der Waals surface area (Å²) in [6, 6.07) is 6.41. The lowest BCUT2D eigenvalue weighted by Crippen LogP contribution is -2.37. The van der Waals surface area contributed by atoms with Gasteiger partial charge >= 0.3 is 7.48 Å². The average Bonchev–Trinajstić information content (AvgIpc) is 2.34. The summed E-state index contributed by atoms with van der Waals surface area (Å²) in [4.78, 5) is 0. The van der Waals surface area contributed by atoms with Crippen LogP contribution in [-0.2, 0) is 17.6 Å². The van der Waals surface area contributed by atoms with E-state index in [0.29, 0.717) is 0 Å². The summed E-state index contributed by atoms with van der Waals surface area (Å²) in [6.45, 7) is 8.20. The molecule has 1 heterocycles. The average molecular weight is 262 g/mol. The van der Waals surface area contributed by atoms with Gasteiger partial charge in [0.1, 0.15) is 0 Å². The van der Waals surface area contributed by atoms with Crippen molar-refractivity contribution in [3.8, 4) is 0 Å². The minimum absolute atomic E-state index is 0.0819. The van der Waals surface area contributed by atoms with Gasteiger partial charge in [-0.25, -0.2) is 0 Å². The molecule has 2 nitrogen and oxygen atoms in total. The third kappa shape index (κ3) is 3.31. The fourth-order valence-electron chi connectivity index (χ4n) is 2.01. The molecule has 1 atom stereocenters. The van der Waals surface area contributed by atoms with Crippen LogP contribution in [0.2, 0.25) is 0 Å². The van der Waals surface area contributed by atoms with Crippen LogP contribution in [0.1, 0.15) is 31.9 Å². The summed E-state index contributed by atoms with van der Waals surface area (Å²) in [6.07, 6.45) is 1.16. The van der Waals surface area contributed by atoms with E-state index in [1.54, 1.807) is 0 Å². The zero-order valence-corrected chi connectivity index (χ0v) is 12.3. The van der Waals surface area contributed by atoms with Crippen molar-refractivity contribution < 1.29 is 4.65 Å². The van der Waals surface area contributed by atoms with Crippen molar-refractivity contribution in [2.75, 3.05) is 6.54 Å². The van der Waals surface area contributed by atoms with Crippen LogP contribution in [0.5, 0.6) is 0 Å². The van der Waals surface area contributed by atoms with Gasteiger partial charge in [-0.05, 0) is 50.3 Å². The van der Waals surface area contributed by atoms with Gasteiger partial charge in [0.15, 0.2) is 0 Å². The second-order valence-corrected chi connectivity index (χ2v) is 6.61. The largest absolute Gasteiger partial charge is 0.430 e. The highest BCUT2D eigenvalue weighted by atomic mass is 32.1. The summed E-state index contributed by atoms with van der Waals surface area (Å²) in [5.41, 5.74) is 4.01. The van der Waals surface area contributed by atoms with E-state index in [2.05, 4.69) is 56.9 Å². The van der Waals surface area contributed by atoms with E-state index in [1.807, 2.05) is 7.48 Å². The van der Waals surface area contributed by atoms with E-state index in [0.717, 1.165) is 19.5 Å². The van der Waals surface area contributed by atoms with Gasteiger partial charge in [-0.1, -0.05) is 18.2 Å². The van der Waals surface area contributed by atoms with E-state index in [9.17, 15) is 0 Å². The van der Waals surface area contributed by atoms with E-state index in [1.165, 1.54) is 16.6 Å². The first-order valence-electron chi connectivity index (χ1n) is 6.51. The molecule has 0 aliphatic carbocycles. The summed E-state index contributed by atoms with van der Waals surface area (Å²) in [7, 11) is 1.90. The highest BCUT2D eigenvalue weighted by Gasteiger charge is 2.22. The maximum absolute atomic E-state index is 5.84. The Morgan fingerprint density at radius 3 is 2.94 bits per heavy atom. The Kier molecular flexibility index (Phi) is 4.41. The molecule has 0 spiro atoms. The molecular formula is C14H21BNOS. The summed E-state index contributed by atoms with van der Waals surface area (Å²) in [5.74, 6) is 0. The molecule has 0 aromatic heterocycles. The topological polar surface area (TPSA) is 21.3 Å². The molecule has 18 heavy (non-hydrogen) atoms. The number of benzene rings is 1. The molecule has 1 N–H and O–H groups in total. The Morgan fingerprint density at radius 1 is 1.44 bits per heavy atom. The van der Waals surface area contributed by atoms with Crippen LogP contribution >= 0.6 is 12.6 Å². The first kappa shape index (κ1) is 14.0. The van der Waals surface area contributed by atoms with Gasteiger partial charge in [-0.3, -0.25) is 0 Å². The predicted molar refractivity (Wildman–Crippen MR) is 80.9 cm³/mol. The molecular weight excluding hydrogens is 241 g/mol. The predicted octanol–water partition coefficient (Wildman–Crippen LogP) is 1.69. The summed E-state index contributed by atoms with van der Waals surface area (Å²) >= 11 is 4.54. The molecule has 0 saturated carbocycles. The molecule has 1 aromatic rings. The lowest BCUT2D eigenvalue weighted by Gasteiger charge is -2.27. The highest BCUT2D eigenvalue weighted by molar-refractivity contribution is 7.81. The van der Waals surface area contributed by atoms with Crippen LogP contribution < -0.4 is 10.8 Å². The van der Waals surface area contributed by atoms with Crippen molar-refractivity contribution in [2.24, 2.45) is 0 Å².